The molecule has 2 atom stereocenters. The first-order valence-corrected chi connectivity index (χ1v) is 15.1. The lowest BCUT2D eigenvalue weighted by atomic mass is 9.66. The highest BCUT2D eigenvalue weighted by Gasteiger charge is 2.46. The van der Waals surface area contributed by atoms with Crippen molar-refractivity contribution in [2.45, 2.75) is 143 Å². The van der Waals surface area contributed by atoms with Crippen LogP contribution in [0.2, 0.25) is 0 Å². The molecule has 0 aromatic heterocycles. The third-order valence-corrected chi connectivity index (χ3v) is 8.96. The second-order valence-corrected chi connectivity index (χ2v) is 13.5. The van der Waals surface area contributed by atoms with Crippen LogP contribution >= 0.6 is 12.4 Å². The number of hydrogen-bond acceptors (Lipinski definition) is 5. The van der Waals surface area contributed by atoms with E-state index in [-0.39, 0.29) is 35.3 Å². The van der Waals surface area contributed by atoms with Crippen molar-refractivity contribution in [1.82, 2.24) is 4.90 Å². The zero-order valence-corrected chi connectivity index (χ0v) is 27.2. The van der Waals surface area contributed by atoms with Crippen LogP contribution in [0.5, 0.6) is 11.5 Å². The molecule has 0 saturated carbocycles. The van der Waals surface area contributed by atoms with Crippen LogP contribution in [-0.4, -0.2) is 35.1 Å². The van der Waals surface area contributed by atoms with E-state index in [0.29, 0.717) is 36.6 Å². The van der Waals surface area contributed by atoms with Gasteiger partial charge in [0.05, 0.1) is 6.07 Å². The maximum atomic E-state index is 13.3. The number of allylic oxidation sites excluding steroid dienone is 2. The molecule has 3 rings (SSSR count). The number of carbonyl (C=O) groups excluding carboxylic acids is 1. The first kappa shape index (κ1) is 34.2. The summed E-state index contributed by atoms with van der Waals surface area (Å²) in [6, 6.07) is 7.46. The Morgan fingerprint density at radius 2 is 1.85 bits per heavy atom. The normalized spacial score (nSPS) is 19.7. The lowest BCUT2D eigenvalue weighted by molar-refractivity contribution is -0.134. The number of halogens is 1. The second-order valence-electron chi connectivity index (χ2n) is 13.5. The van der Waals surface area contributed by atoms with E-state index < -0.39 is 0 Å². The van der Waals surface area contributed by atoms with Gasteiger partial charge in [-0.2, -0.15) is 5.26 Å². The molecule has 224 valence electrons. The molecule has 1 aliphatic carbocycles. The second kappa shape index (κ2) is 14.2. The number of unbranched alkanes of at least 4 members (excludes halogenated alkanes) is 2. The SMILES string of the molecule is CC1=CC[C@@H]2[C@@H](C1)c1c(OC(=O)CCCN(C(C)C)C(C)C)cc(C(C)(C)CCCCC#N)cc1OC2(C)C.Cl. The van der Waals surface area contributed by atoms with E-state index in [9.17, 15) is 4.79 Å². The van der Waals surface area contributed by atoms with Crippen molar-refractivity contribution in [3.63, 3.8) is 0 Å². The summed E-state index contributed by atoms with van der Waals surface area (Å²) in [4.78, 5) is 15.7. The van der Waals surface area contributed by atoms with Crippen molar-refractivity contribution in [2.24, 2.45) is 5.92 Å². The average molecular weight is 573 g/mol. The number of carbonyl (C=O) groups is 1. The van der Waals surface area contributed by atoms with E-state index in [1.54, 1.807) is 0 Å². The van der Waals surface area contributed by atoms with E-state index in [0.717, 1.165) is 61.9 Å². The Kier molecular flexibility index (Phi) is 12.2. The van der Waals surface area contributed by atoms with E-state index in [1.807, 2.05) is 0 Å². The van der Waals surface area contributed by atoms with E-state index in [4.69, 9.17) is 14.7 Å². The van der Waals surface area contributed by atoms with Gasteiger partial charge in [0.1, 0.15) is 17.1 Å². The van der Waals surface area contributed by atoms with Crippen molar-refractivity contribution >= 4 is 18.4 Å². The van der Waals surface area contributed by atoms with Gasteiger partial charge < -0.3 is 9.47 Å². The fourth-order valence-electron chi connectivity index (χ4n) is 6.63. The topological polar surface area (TPSA) is 62.6 Å². The van der Waals surface area contributed by atoms with Gasteiger partial charge in [0.2, 0.25) is 0 Å². The van der Waals surface area contributed by atoms with Crippen LogP contribution in [-0.2, 0) is 10.2 Å². The zero-order chi connectivity index (χ0) is 29.0. The minimum atomic E-state index is -0.303. The van der Waals surface area contributed by atoms with Crippen molar-refractivity contribution in [3.8, 4) is 17.6 Å². The van der Waals surface area contributed by atoms with Crippen LogP contribution in [0.4, 0.5) is 0 Å². The molecule has 0 saturated heterocycles. The van der Waals surface area contributed by atoms with E-state index in [2.05, 4.69) is 91.5 Å². The van der Waals surface area contributed by atoms with E-state index in [1.165, 1.54) is 5.57 Å². The van der Waals surface area contributed by atoms with Gasteiger partial charge in [-0.1, -0.05) is 31.9 Å². The summed E-state index contributed by atoms with van der Waals surface area (Å²) >= 11 is 0. The summed E-state index contributed by atoms with van der Waals surface area (Å²) < 4.78 is 13.0. The van der Waals surface area contributed by atoms with E-state index >= 15 is 0 Å². The Labute approximate surface area is 250 Å². The molecule has 0 bridgehead atoms. The fourth-order valence-corrected chi connectivity index (χ4v) is 6.63. The first-order valence-electron chi connectivity index (χ1n) is 15.1. The molecule has 1 aromatic rings. The summed E-state index contributed by atoms with van der Waals surface area (Å²) in [7, 11) is 0. The lowest BCUT2D eigenvalue weighted by Gasteiger charge is -2.47. The Morgan fingerprint density at radius 3 is 2.48 bits per heavy atom. The minimum absolute atomic E-state index is 0. The fraction of sp³-hybridized carbons (Fsp3) is 0.706. The van der Waals surface area contributed by atoms with Gasteiger partial charge in [-0.25, -0.2) is 0 Å². The summed E-state index contributed by atoms with van der Waals surface area (Å²) in [5.74, 6) is 1.98. The zero-order valence-electron chi connectivity index (χ0n) is 26.4. The Balaban J connectivity index is 0.00000560. The number of benzene rings is 1. The molecule has 0 N–H and O–H groups in total. The number of hydrogen-bond donors (Lipinski definition) is 0. The predicted molar refractivity (Wildman–Crippen MR) is 167 cm³/mol. The summed E-state index contributed by atoms with van der Waals surface area (Å²) in [5, 5.41) is 8.95. The quantitative estimate of drug-likeness (QED) is 0.108. The largest absolute Gasteiger partial charge is 0.487 e. The molecular weight excluding hydrogens is 520 g/mol. The number of nitriles is 1. The van der Waals surface area contributed by atoms with Crippen LogP contribution in [0.1, 0.15) is 131 Å². The van der Waals surface area contributed by atoms with Gasteiger partial charge >= 0.3 is 5.97 Å². The number of esters is 1. The number of fused-ring (bicyclic) bond motifs is 3. The van der Waals surface area contributed by atoms with Gasteiger partial charge in [-0.15, -0.1) is 12.4 Å². The highest BCUT2D eigenvalue weighted by molar-refractivity contribution is 5.85. The molecule has 40 heavy (non-hydrogen) atoms. The summed E-state index contributed by atoms with van der Waals surface area (Å²) in [6.07, 6.45) is 8.87. The highest BCUT2D eigenvalue weighted by Crippen LogP contribution is 2.55. The standard InChI is InChI=1S/C34H52N2O3.ClH/c1-23(2)36(24(3)4)19-13-14-31(37)38-29-21-26(33(6,7)17-11-10-12-18-35)22-30-32(29)27-20-25(5)15-16-28(27)34(8,9)39-30;/h15,21-24,27-28H,10-14,16-17,19-20H2,1-9H3;1H/t27-,28-;/m1./s1. The molecule has 6 heteroatoms. The van der Waals surface area contributed by atoms with Crippen LogP contribution in [0.15, 0.2) is 23.8 Å². The van der Waals surface area contributed by atoms with Crippen LogP contribution in [0.3, 0.4) is 0 Å². The third kappa shape index (κ3) is 8.26. The molecule has 0 fully saturated rings. The van der Waals surface area contributed by atoms with Crippen LogP contribution in [0.25, 0.3) is 0 Å². The molecule has 5 nitrogen and oxygen atoms in total. The molecular formula is C34H53ClN2O3. The van der Waals surface area contributed by atoms with Gasteiger partial charge in [0, 0.05) is 42.3 Å². The maximum Gasteiger partial charge on any atom is 0.311 e. The number of rotatable bonds is 12. The highest BCUT2D eigenvalue weighted by atomic mass is 35.5. The monoisotopic (exact) mass is 572 g/mol. The maximum absolute atomic E-state index is 13.3. The van der Waals surface area contributed by atoms with Crippen LogP contribution in [0, 0.1) is 17.2 Å². The molecule has 1 heterocycles. The molecule has 2 aliphatic rings. The Morgan fingerprint density at radius 1 is 1.18 bits per heavy atom. The van der Waals surface area contributed by atoms with Crippen LogP contribution < -0.4 is 9.47 Å². The predicted octanol–water partition coefficient (Wildman–Crippen LogP) is 8.89. The van der Waals surface area contributed by atoms with Crippen molar-refractivity contribution in [2.75, 3.05) is 6.54 Å². The lowest BCUT2D eigenvalue weighted by Crippen LogP contribution is -2.45. The molecule has 1 aliphatic heterocycles. The first-order chi connectivity index (χ1) is 18.3. The Hall–Kier alpha value is -2.03. The minimum Gasteiger partial charge on any atom is -0.487 e. The molecule has 0 radical (unpaired) electrons. The molecule has 0 amide bonds. The van der Waals surface area contributed by atoms with Crippen molar-refractivity contribution in [1.29, 1.82) is 5.26 Å². The Bertz CT molecular complexity index is 1080. The van der Waals surface area contributed by atoms with Gasteiger partial charge in [0.15, 0.2) is 0 Å². The van der Waals surface area contributed by atoms with Gasteiger partial charge in [-0.05, 0) is 110 Å². The van der Waals surface area contributed by atoms with Gasteiger partial charge in [0.25, 0.3) is 0 Å². The molecule has 0 unspecified atom stereocenters. The molecule has 0 spiro atoms. The summed E-state index contributed by atoms with van der Waals surface area (Å²) in [6.45, 7) is 20.8. The number of ether oxygens (including phenoxy) is 2. The van der Waals surface area contributed by atoms with Crippen molar-refractivity contribution < 1.29 is 14.3 Å². The molecule has 1 aromatic carbocycles. The van der Waals surface area contributed by atoms with Gasteiger partial charge in [-0.3, -0.25) is 9.69 Å². The number of nitrogens with zero attached hydrogens (tertiary/aromatic N) is 2. The average Bonchev–Trinajstić information content (AvgIpc) is 2.83. The third-order valence-electron chi connectivity index (χ3n) is 8.96. The van der Waals surface area contributed by atoms with Crippen molar-refractivity contribution in [3.05, 3.63) is 34.9 Å². The smallest absolute Gasteiger partial charge is 0.311 e. The summed E-state index contributed by atoms with van der Waals surface area (Å²) in [5.41, 5.74) is 3.15.